The van der Waals surface area contributed by atoms with Crippen molar-refractivity contribution in [2.75, 3.05) is 6.61 Å². The molecule has 1 aliphatic rings. The zero-order valence-corrected chi connectivity index (χ0v) is 13.6. The second-order valence-corrected chi connectivity index (χ2v) is 6.70. The van der Waals surface area contributed by atoms with E-state index in [-0.39, 0.29) is 5.56 Å². The van der Waals surface area contributed by atoms with Gasteiger partial charge in [-0.2, -0.15) is 0 Å². The minimum absolute atomic E-state index is 0.193. The zero-order valence-electron chi connectivity index (χ0n) is 12.8. The number of thiophene rings is 1. The van der Waals surface area contributed by atoms with Crippen molar-refractivity contribution in [2.24, 2.45) is 0 Å². The maximum absolute atomic E-state index is 12.2. The highest BCUT2D eigenvalue weighted by Crippen LogP contribution is 2.27. The van der Waals surface area contributed by atoms with E-state index in [2.05, 4.69) is 9.97 Å². The van der Waals surface area contributed by atoms with E-state index in [1.807, 2.05) is 13.8 Å². The number of aromatic amines is 1. The van der Waals surface area contributed by atoms with Gasteiger partial charge in [-0.15, -0.1) is 11.3 Å². The molecule has 0 unspecified atom stereocenters. The van der Waals surface area contributed by atoms with Crippen molar-refractivity contribution in [1.82, 2.24) is 9.97 Å². The molecule has 0 spiro atoms. The third-order valence-corrected chi connectivity index (χ3v) is 5.03. The number of aromatic nitrogens is 2. The molecular weight excluding hydrogens is 304 g/mol. The molecule has 1 N–H and O–H groups in total. The van der Waals surface area contributed by atoms with Crippen molar-refractivity contribution in [3.05, 3.63) is 26.6 Å². The van der Waals surface area contributed by atoms with E-state index < -0.39 is 18.2 Å². The molecule has 2 aromatic rings. The lowest BCUT2D eigenvalue weighted by molar-refractivity contribution is -0.159. The quantitative estimate of drug-likeness (QED) is 0.878. The summed E-state index contributed by atoms with van der Waals surface area (Å²) in [6.07, 6.45) is 0.432. The first-order valence-corrected chi connectivity index (χ1v) is 8.11. The van der Waals surface area contributed by atoms with Crippen molar-refractivity contribution >= 4 is 27.5 Å². The predicted octanol–water partition coefficient (Wildman–Crippen LogP) is 2.38. The summed E-state index contributed by atoms with van der Waals surface area (Å²) in [7, 11) is 0. The Labute approximate surface area is 131 Å². The summed E-state index contributed by atoms with van der Waals surface area (Å²) in [6, 6.07) is 0. The van der Waals surface area contributed by atoms with Crippen LogP contribution in [0.1, 0.15) is 42.1 Å². The summed E-state index contributed by atoms with van der Waals surface area (Å²) in [4.78, 5) is 33.1. The lowest BCUT2D eigenvalue weighted by Crippen LogP contribution is -2.25. The number of hydrogen-bond donors (Lipinski definition) is 1. The Balaban J connectivity index is 1.86. The largest absolute Gasteiger partial charge is 0.453 e. The fourth-order valence-corrected chi connectivity index (χ4v) is 3.57. The summed E-state index contributed by atoms with van der Waals surface area (Å²) >= 11 is 1.47. The van der Waals surface area contributed by atoms with Gasteiger partial charge in [-0.05, 0) is 39.2 Å². The fourth-order valence-electron chi connectivity index (χ4n) is 2.53. The molecule has 22 heavy (non-hydrogen) atoms. The molecule has 7 heteroatoms. The first kappa shape index (κ1) is 15.2. The van der Waals surface area contributed by atoms with Crippen LogP contribution in [0.15, 0.2) is 4.79 Å². The van der Waals surface area contributed by atoms with Gasteiger partial charge >= 0.3 is 5.97 Å². The maximum atomic E-state index is 12.2. The molecule has 2 atom stereocenters. The number of rotatable bonds is 3. The van der Waals surface area contributed by atoms with E-state index in [1.165, 1.54) is 11.3 Å². The average Bonchev–Trinajstić information content (AvgIpc) is 3.08. The van der Waals surface area contributed by atoms with E-state index in [4.69, 9.17) is 9.47 Å². The van der Waals surface area contributed by atoms with Crippen LogP contribution >= 0.6 is 11.3 Å². The number of ether oxygens (including phenoxy) is 2. The van der Waals surface area contributed by atoms with Crippen LogP contribution < -0.4 is 5.56 Å². The van der Waals surface area contributed by atoms with Crippen LogP contribution in [0.25, 0.3) is 10.2 Å². The summed E-state index contributed by atoms with van der Waals surface area (Å²) < 4.78 is 10.7. The molecule has 0 aromatic carbocycles. The molecule has 0 amide bonds. The summed E-state index contributed by atoms with van der Waals surface area (Å²) in [5.41, 5.74) is 0.756. The van der Waals surface area contributed by atoms with Crippen LogP contribution in [-0.2, 0) is 14.3 Å². The van der Waals surface area contributed by atoms with Crippen molar-refractivity contribution < 1.29 is 14.3 Å². The van der Waals surface area contributed by atoms with E-state index in [0.717, 1.165) is 16.9 Å². The number of hydrogen-bond acceptors (Lipinski definition) is 6. The lowest BCUT2D eigenvalue weighted by atomic mass is 10.2. The van der Waals surface area contributed by atoms with Crippen molar-refractivity contribution in [1.29, 1.82) is 0 Å². The highest BCUT2D eigenvalue weighted by molar-refractivity contribution is 7.18. The third kappa shape index (κ3) is 2.66. The number of aryl methyl sites for hydroxylation is 2. The predicted molar refractivity (Wildman–Crippen MR) is 83.2 cm³/mol. The monoisotopic (exact) mass is 322 g/mol. The zero-order chi connectivity index (χ0) is 15.9. The third-order valence-electron chi connectivity index (χ3n) is 3.93. The Morgan fingerprint density at radius 2 is 2.27 bits per heavy atom. The number of nitrogens with one attached hydrogen (secondary N) is 1. The van der Waals surface area contributed by atoms with Crippen molar-refractivity contribution in [3.8, 4) is 0 Å². The van der Waals surface area contributed by atoms with Gasteiger partial charge in [-0.25, -0.2) is 9.78 Å². The first-order valence-electron chi connectivity index (χ1n) is 7.29. The molecule has 0 aliphatic carbocycles. The molecule has 1 fully saturated rings. The average molecular weight is 322 g/mol. The highest BCUT2D eigenvalue weighted by Gasteiger charge is 2.27. The van der Waals surface area contributed by atoms with Crippen LogP contribution in [0.5, 0.6) is 0 Å². The molecule has 2 aromatic heterocycles. The number of carbonyl (C=O) groups excluding carboxylic acids is 1. The molecule has 3 rings (SSSR count). The van der Waals surface area contributed by atoms with Gasteiger partial charge in [0.1, 0.15) is 4.83 Å². The molecular formula is C15H18N2O4S. The van der Waals surface area contributed by atoms with Gasteiger partial charge in [0.2, 0.25) is 0 Å². The van der Waals surface area contributed by atoms with E-state index in [9.17, 15) is 9.59 Å². The lowest BCUT2D eigenvalue weighted by Gasteiger charge is -2.15. The number of carbonyl (C=O) groups is 1. The Kier molecular flexibility index (Phi) is 4.01. The van der Waals surface area contributed by atoms with Gasteiger partial charge < -0.3 is 14.5 Å². The Hall–Kier alpha value is -1.73. The van der Waals surface area contributed by atoms with Crippen molar-refractivity contribution in [3.63, 3.8) is 0 Å². The second-order valence-electron chi connectivity index (χ2n) is 5.50. The Morgan fingerprint density at radius 1 is 1.50 bits per heavy atom. The van der Waals surface area contributed by atoms with Gasteiger partial charge in [-0.1, -0.05) is 0 Å². The van der Waals surface area contributed by atoms with Crippen LogP contribution in [0.3, 0.4) is 0 Å². The molecule has 1 saturated heterocycles. The van der Waals surface area contributed by atoms with Crippen molar-refractivity contribution in [2.45, 2.75) is 45.8 Å². The van der Waals surface area contributed by atoms with E-state index in [0.29, 0.717) is 29.1 Å². The molecule has 0 saturated carbocycles. The maximum Gasteiger partial charge on any atom is 0.335 e. The molecule has 118 valence electrons. The van der Waals surface area contributed by atoms with E-state index in [1.54, 1.807) is 6.92 Å². The summed E-state index contributed by atoms with van der Waals surface area (Å²) in [6.45, 7) is 6.15. The summed E-state index contributed by atoms with van der Waals surface area (Å²) in [5, 5.41) is 0.615. The number of esters is 1. The van der Waals surface area contributed by atoms with Gasteiger partial charge in [0.05, 0.1) is 5.39 Å². The van der Waals surface area contributed by atoms with Crippen LogP contribution in [0.4, 0.5) is 0 Å². The SMILES string of the molecule is Cc1sc2nc([C@H](C)OC(=O)[C@H]3CCCO3)[nH]c(=O)c2c1C. The highest BCUT2D eigenvalue weighted by atomic mass is 32.1. The Morgan fingerprint density at radius 3 is 2.95 bits per heavy atom. The van der Waals surface area contributed by atoms with Crippen LogP contribution in [0, 0.1) is 13.8 Å². The number of nitrogens with zero attached hydrogens (tertiary/aromatic N) is 1. The van der Waals surface area contributed by atoms with Gasteiger partial charge in [0.25, 0.3) is 5.56 Å². The minimum Gasteiger partial charge on any atom is -0.453 e. The van der Waals surface area contributed by atoms with Gasteiger partial charge in [0, 0.05) is 11.5 Å². The fraction of sp³-hybridized carbons (Fsp3) is 0.533. The smallest absolute Gasteiger partial charge is 0.335 e. The first-order chi connectivity index (χ1) is 10.5. The number of H-pyrrole nitrogens is 1. The summed E-state index contributed by atoms with van der Waals surface area (Å²) in [5.74, 6) is -0.0311. The molecule has 1 aliphatic heterocycles. The van der Waals surface area contributed by atoms with Gasteiger partial charge in [0.15, 0.2) is 18.0 Å². The normalized spacial score (nSPS) is 19.5. The number of fused-ring (bicyclic) bond motifs is 1. The molecule has 6 nitrogen and oxygen atoms in total. The van der Waals surface area contributed by atoms with Crippen LogP contribution in [0.2, 0.25) is 0 Å². The standard InChI is InChI=1S/C15H18N2O4S/c1-7-9(3)22-14-11(7)13(18)16-12(17-14)8(2)21-15(19)10-5-4-6-20-10/h8,10H,4-6H2,1-3H3,(H,16,17,18)/t8-,10+/m0/s1. The molecule has 0 radical (unpaired) electrons. The molecule has 3 heterocycles. The van der Waals surface area contributed by atoms with Crippen LogP contribution in [-0.4, -0.2) is 28.6 Å². The van der Waals surface area contributed by atoms with Gasteiger partial charge in [-0.3, -0.25) is 4.79 Å². The second kappa shape index (κ2) is 5.81. The Bertz CT molecular complexity index is 774. The molecule has 0 bridgehead atoms. The minimum atomic E-state index is -0.614. The topological polar surface area (TPSA) is 81.3 Å². The van der Waals surface area contributed by atoms with E-state index >= 15 is 0 Å².